The predicted molar refractivity (Wildman–Crippen MR) is 104 cm³/mol. The van der Waals surface area contributed by atoms with Crippen molar-refractivity contribution in [1.29, 1.82) is 0 Å². The van der Waals surface area contributed by atoms with Crippen molar-refractivity contribution in [2.45, 2.75) is 11.3 Å². The first-order chi connectivity index (χ1) is 13.6. The van der Waals surface area contributed by atoms with E-state index in [9.17, 15) is 19.7 Å². The Balaban J connectivity index is 2.04. The summed E-state index contributed by atoms with van der Waals surface area (Å²) in [7, 11) is 0. The lowest BCUT2D eigenvalue weighted by Gasteiger charge is -2.33. The normalized spacial score (nSPS) is 15.9. The molecule has 4 rings (SSSR count). The molecule has 1 aliphatic carbocycles. The quantitative estimate of drug-likeness (QED) is 0.385. The maximum Gasteiger partial charge on any atom is 0.212 e. The number of carbonyl (C=O) groups excluding carboxylic acids is 2. The highest BCUT2D eigenvalue weighted by atomic mass is 16.6. The standard InChI is InChI=1S/C23H17NO4/c25-21-18-13-7-8-14-19(18)22(26)23(21,17-11-5-2-6-12-17)20(15-24(27)28)16-9-3-1-4-10-16/h1-14,20H,15H2/t20-/m0/s1. The summed E-state index contributed by atoms with van der Waals surface area (Å²) in [5.74, 6) is -1.68. The van der Waals surface area contributed by atoms with E-state index in [2.05, 4.69) is 0 Å². The largest absolute Gasteiger partial charge is 0.293 e. The lowest BCUT2D eigenvalue weighted by atomic mass is 9.64. The molecule has 0 unspecified atom stereocenters. The summed E-state index contributed by atoms with van der Waals surface area (Å²) in [6, 6.07) is 24.1. The van der Waals surface area contributed by atoms with Crippen LogP contribution in [0.5, 0.6) is 0 Å². The molecule has 0 saturated carbocycles. The van der Waals surface area contributed by atoms with E-state index in [1.807, 2.05) is 0 Å². The third kappa shape index (κ3) is 2.55. The molecular weight excluding hydrogens is 354 g/mol. The molecule has 0 radical (unpaired) electrons. The maximum absolute atomic E-state index is 13.7. The number of fused-ring (bicyclic) bond motifs is 1. The summed E-state index contributed by atoms with van der Waals surface area (Å²) < 4.78 is 0. The van der Waals surface area contributed by atoms with Crippen LogP contribution in [0.4, 0.5) is 0 Å². The van der Waals surface area contributed by atoms with Crippen molar-refractivity contribution >= 4 is 11.6 Å². The van der Waals surface area contributed by atoms with Gasteiger partial charge in [-0.2, -0.15) is 0 Å². The van der Waals surface area contributed by atoms with Gasteiger partial charge in [-0.05, 0) is 11.1 Å². The van der Waals surface area contributed by atoms with Gasteiger partial charge in [0.1, 0.15) is 5.41 Å². The molecule has 0 amide bonds. The maximum atomic E-state index is 13.7. The first-order valence-corrected chi connectivity index (χ1v) is 8.97. The lowest BCUT2D eigenvalue weighted by molar-refractivity contribution is -0.484. The molecule has 0 aliphatic heterocycles. The van der Waals surface area contributed by atoms with Gasteiger partial charge in [0.2, 0.25) is 6.54 Å². The first-order valence-electron chi connectivity index (χ1n) is 8.97. The van der Waals surface area contributed by atoms with E-state index in [-0.39, 0.29) is 11.6 Å². The Labute approximate surface area is 161 Å². The zero-order chi connectivity index (χ0) is 19.7. The molecule has 0 spiro atoms. The van der Waals surface area contributed by atoms with Crippen LogP contribution in [0.3, 0.4) is 0 Å². The van der Waals surface area contributed by atoms with E-state index in [4.69, 9.17) is 0 Å². The number of carbonyl (C=O) groups is 2. The van der Waals surface area contributed by atoms with Gasteiger partial charge < -0.3 is 0 Å². The van der Waals surface area contributed by atoms with Crippen LogP contribution in [0.2, 0.25) is 0 Å². The predicted octanol–water partition coefficient (Wildman–Crippen LogP) is 4.06. The zero-order valence-corrected chi connectivity index (χ0v) is 14.9. The van der Waals surface area contributed by atoms with E-state index >= 15 is 0 Å². The van der Waals surface area contributed by atoms with Gasteiger partial charge in [-0.15, -0.1) is 0 Å². The summed E-state index contributed by atoms with van der Waals surface area (Å²) in [4.78, 5) is 38.5. The third-order valence-corrected chi connectivity index (χ3v) is 5.42. The van der Waals surface area contributed by atoms with Crippen LogP contribution in [0.15, 0.2) is 84.9 Å². The Kier molecular flexibility index (Phi) is 4.35. The SMILES string of the molecule is O=C1c2ccccc2C(=O)C1(c1ccccc1)[C@@H](C[N+](=O)[O-])c1ccccc1. The molecule has 3 aromatic carbocycles. The van der Waals surface area contributed by atoms with Crippen molar-refractivity contribution in [1.82, 2.24) is 0 Å². The first kappa shape index (κ1) is 17.8. The summed E-state index contributed by atoms with van der Waals surface area (Å²) in [6.07, 6.45) is 0. The molecule has 0 fully saturated rings. The Morgan fingerprint density at radius 3 is 1.71 bits per heavy atom. The Hall–Kier alpha value is -3.60. The van der Waals surface area contributed by atoms with Crippen LogP contribution in [0.1, 0.15) is 37.8 Å². The molecule has 28 heavy (non-hydrogen) atoms. The Bertz CT molecular complexity index is 1030. The smallest absolute Gasteiger partial charge is 0.212 e. The van der Waals surface area contributed by atoms with Crippen molar-refractivity contribution in [3.05, 3.63) is 117 Å². The summed E-state index contributed by atoms with van der Waals surface area (Å²) in [5.41, 5.74) is 0.0649. The van der Waals surface area contributed by atoms with Crippen molar-refractivity contribution in [3.8, 4) is 0 Å². The van der Waals surface area contributed by atoms with Gasteiger partial charge in [-0.3, -0.25) is 19.7 Å². The Morgan fingerprint density at radius 2 is 1.21 bits per heavy atom. The molecule has 0 bridgehead atoms. The number of Topliss-reactive ketones (excluding diaryl/α,β-unsaturated/α-hetero) is 2. The number of rotatable bonds is 5. The molecule has 5 nitrogen and oxygen atoms in total. The Morgan fingerprint density at radius 1 is 0.750 bits per heavy atom. The number of ketones is 2. The molecule has 0 saturated heterocycles. The number of hydrogen-bond donors (Lipinski definition) is 0. The minimum absolute atomic E-state index is 0.320. The molecule has 3 aromatic rings. The fraction of sp³-hybridized carbons (Fsp3) is 0.130. The van der Waals surface area contributed by atoms with Crippen LogP contribution < -0.4 is 0 Å². The highest BCUT2D eigenvalue weighted by Gasteiger charge is 2.60. The number of nitro groups is 1. The minimum atomic E-state index is -1.65. The van der Waals surface area contributed by atoms with Crippen LogP contribution in [-0.4, -0.2) is 23.0 Å². The topological polar surface area (TPSA) is 77.3 Å². The zero-order valence-electron chi connectivity index (χ0n) is 14.9. The van der Waals surface area contributed by atoms with E-state index in [1.54, 1.807) is 84.9 Å². The molecule has 0 aromatic heterocycles. The molecule has 1 atom stereocenters. The van der Waals surface area contributed by atoms with Crippen LogP contribution in [0.25, 0.3) is 0 Å². The van der Waals surface area contributed by atoms with Crippen LogP contribution in [0, 0.1) is 10.1 Å². The molecule has 138 valence electrons. The van der Waals surface area contributed by atoms with Gasteiger partial charge in [0.15, 0.2) is 11.6 Å². The fourth-order valence-corrected chi connectivity index (χ4v) is 4.21. The fourth-order valence-electron chi connectivity index (χ4n) is 4.21. The monoisotopic (exact) mass is 371 g/mol. The van der Waals surface area contributed by atoms with E-state index < -0.39 is 22.8 Å². The number of hydrogen-bond acceptors (Lipinski definition) is 4. The van der Waals surface area contributed by atoms with Gasteiger partial charge in [0.05, 0.1) is 5.92 Å². The van der Waals surface area contributed by atoms with Crippen molar-refractivity contribution in [2.75, 3.05) is 6.54 Å². The van der Waals surface area contributed by atoms with Crippen molar-refractivity contribution in [3.63, 3.8) is 0 Å². The second kappa shape index (κ2) is 6.85. The van der Waals surface area contributed by atoms with Crippen LogP contribution in [-0.2, 0) is 5.41 Å². The summed E-state index contributed by atoms with van der Waals surface area (Å²) >= 11 is 0. The van der Waals surface area contributed by atoms with E-state index in [0.29, 0.717) is 22.3 Å². The van der Waals surface area contributed by atoms with E-state index in [1.165, 1.54) is 0 Å². The second-order valence-electron chi connectivity index (χ2n) is 6.86. The lowest BCUT2D eigenvalue weighted by Crippen LogP contribution is -2.46. The second-order valence-corrected chi connectivity index (χ2v) is 6.86. The summed E-state index contributed by atoms with van der Waals surface area (Å²) in [6.45, 7) is -0.523. The molecular formula is C23H17NO4. The third-order valence-electron chi connectivity index (χ3n) is 5.42. The van der Waals surface area contributed by atoms with Gasteiger partial charge in [-0.25, -0.2) is 0 Å². The van der Waals surface area contributed by atoms with Gasteiger partial charge in [0, 0.05) is 16.1 Å². The van der Waals surface area contributed by atoms with Gasteiger partial charge in [0.25, 0.3) is 0 Å². The highest BCUT2D eigenvalue weighted by Crippen LogP contribution is 2.49. The highest BCUT2D eigenvalue weighted by molar-refractivity contribution is 6.33. The van der Waals surface area contributed by atoms with Crippen molar-refractivity contribution < 1.29 is 14.5 Å². The molecule has 1 aliphatic rings. The summed E-state index contributed by atoms with van der Waals surface area (Å²) in [5, 5.41) is 11.6. The number of benzene rings is 3. The van der Waals surface area contributed by atoms with Gasteiger partial charge >= 0.3 is 0 Å². The van der Waals surface area contributed by atoms with Crippen LogP contribution >= 0.6 is 0 Å². The average molecular weight is 371 g/mol. The average Bonchev–Trinajstić information content (AvgIpc) is 2.96. The number of nitrogens with zero attached hydrogens (tertiary/aromatic N) is 1. The van der Waals surface area contributed by atoms with Gasteiger partial charge in [-0.1, -0.05) is 84.9 Å². The minimum Gasteiger partial charge on any atom is -0.293 e. The molecule has 0 heterocycles. The molecule has 5 heteroatoms. The molecule has 0 N–H and O–H groups in total. The van der Waals surface area contributed by atoms with E-state index in [0.717, 1.165) is 0 Å². The van der Waals surface area contributed by atoms with Crippen molar-refractivity contribution in [2.24, 2.45) is 0 Å².